The number of carbonyl (C=O) groups excluding carboxylic acids is 1. The van der Waals surface area contributed by atoms with E-state index in [1.165, 1.54) is 0 Å². The van der Waals surface area contributed by atoms with Gasteiger partial charge in [0, 0.05) is 29.6 Å². The van der Waals surface area contributed by atoms with Gasteiger partial charge in [-0.1, -0.05) is 68.4 Å². The van der Waals surface area contributed by atoms with Crippen LogP contribution >= 0.6 is 11.3 Å². The van der Waals surface area contributed by atoms with Gasteiger partial charge in [0.05, 0.1) is 12.8 Å². The van der Waals surface area contributed by atoms with Gasteiger partial charge in [0.2, 0.25) is 0 Å². The highest BCUT2D eigenvalue weighted by Gasteiger charge is 2.24. The Bertz CT molecular complexity index is 1370. The Kier molecular flexibility index (Phi) is 8.76. The molecule has 7 nitrogen and oxygen atoms in total. The molecule has 3 aromatic carbocycles. The number of carboxylic acid groups (broad SMARTS) is 1. The van der Waals surface area contributed by atoms with E-state index in [0.29, 0.717) is 18.7 Å². The summed E-state index contributed by atoms with van der Waals surface area (Å²) in [5.41, 5.74) is 4.46. The van der Waals surface area contributed by atoms with Crippen LogP contribution in [0.5, 0.6) is 5.75 Å². The zero-order chi connectivity index (χ0) is 27.1. The molecule has 0 aliphatic rings. The molecule has 4 rings (SSSR count). The van der Waals surface area contributed by atoms with Crippen LogP contribution in [-0.2, 0) is 17.9 Å². The van der Waals surface area contributed by atoms with E-state index in [1.54, 1.807) is 44.4 Å². The van der Waals surface area contributed by atoms with E-state index in [-0.39, 0.29) is 5.92 Å². The van der Waals surface area contributed by atoms with Gasteiger partial charge < -0.3 is 20.1 Å². The van der Waals surface area contributed by atoms with Crippen molar-refractivity contribution in [2.24, 2.45) is 5.92 Å². The molecule has 0 saturated heterocycles. The molecule has 8 heteroatoms. The van der Waals surface area contributed by atoms with Gasteiger partial charge in [-0.2, -0.15) is 0 Å². The highest BCUT2D eigenvalue weighted by Crippen LogP contribution is 2.31. The first kappa shape index (κ1) is 26.9. The van der Waals surface area contributed by atoms with Gasteiger partial charge in [0.15, 0.2) is 5.13 Å². The Morgan fingerprint density at radius 3 is 2.29 bits per heavy atom. The van der Waals surface area contributed by atoms with Crippen LogP contribution in [-0.4, -0.2) is 35.1 Å². The van der Waals surface area contributed by atoms with Crippen LogP contribution in [0.3, 0.4) is 0 Å². The fraction of sp³-hybridized carbons (Fsp3) is 0.233. The van der Waals surface area contributed by atoms with Crippen molar-refractivity contribution in [3.63, 3.8) is 0 Å². The second-order valence-corrected chi connectivity index (χ2v) is 10.2. The summed E-state index contributed by atoms with van der Waals surface area (Å²) in [7, 11) is 1.65. The summed E-state index contributed by atoms with van der Waals surface area (Å²) in [6, 6.07) is 24.4. The predicted octanol–water partition coefficient (Wildman–Crippen LogP) is 5.86. The fourth-order valence-electron chi connectivity index (χ4n) is 4.04. The van der Waals surface area contributed by atoms with Crippen molar-refractivity contribution in [3.8, 4) is 17.0 Å². The lowest BCUT2D eigenvalue weighted by Crippen LogP contribution is -2.44. The average Bonchev–Trinajstić information content (AvgIpc) is 3.42. The summed E-state index contributed by atoms with van der Waals surface area (Å²) >= 11 is 1.58. The molecule has 1 aromatic heterocycles. The number of nitrogens with one attached hydrogen (secondary N) is 1. The van der Waals surface area contributed by atoms with Crippen LogP contribution < -0.4 is 15.0 Å². The molecule has 196 valence electrons. The number of anilines is 1. The lowest BCUT2D eigenvalue weighted by atomic mass is 10.0. The minimum atomic E-state index is -1.04. The summed E-state index contributed by atoms with van der Waals surface area (Å²) in [4.78, 5) is 31.2. The van der Waals surface area contributed by atoms with Gasteiger partial charge in [-0.25, -0.2) is 9.78 Å². The molecule has 0 fully saturated rings. The number of benzene rings is 3. The van der Waals surface area contributed by atoms with Crippen LogP contribution in [0.1, 0.15) is 35.3 Å². The first-order valence-corrected chi connectivity index (χ1v) is 13.2. The number of aromatic nitrogens is 1. The van der Waals surface area contributed by atoms with E-state index in [1.807, 2.05) is 60.0 Å². The molecule has 1 unspecified atom stereocenters. The summed E-state index contributed by atoms with van der Waals surface area (Å²) in [6.45, 7) is 4.79. The lowest BCUT2D eigenvalue weighted by molar-refractivity contribution is -0.140. The summed E-state index contributed by atoms with van der Waals surface area (Å²) in [5, 5.41) is 14.9. The van der Waals surface area contributed by atoms with Crippen molar-refractivity contribution in [2.75, 3.05) is 12.0 Å². The maximum atomic E-state index is 12.6. The average molecular weight is 530 g/mol. The second kappa shape index (κ2) is 12.4. The van der Waals surface area contributed by atoms with E-state index in [4.69, 9.17) is 9.72 Å². The molecule has 4 aromatic rings. The summed E-state index contributed by atoms with van der Waals surface area (Å²) in [6.07, 6.45) is 0. The molecule has 38 heavy (non-hydrogen) atoms. The minimum absolute atomic E-state index is 0.220. The fourth-order valence-corrected chi connectivity index (χ4v) is 4.87. The smallest absolute Gasteiger partial charge is 0.326 e. The standard InChI is InChI=1S/C30H31N3O4S/c1-20(2)27(29(35)36)32-28(34)23-14-12-22(13-15-23)18-33(17-21-8-5-4-6-9-21)30-31-26(19-38-30)24-10-7-11-25(16-24)37-3/h4-16,19-20,27H,17-18H2,1-3H3,(H,32,34)(H,35,36). The monoisotopic (exact) mass is 529 g/mol. The molecule has 0 aliphatic heterocycles. The second-order valence-electron chi connectivity index (χ2n) is 9.32. The maximum absolute atomic E-state index is 12.6. The number of aliphatic carboxylic acids is 1. The lowest BCUT2D eigenvalue weighted by Gasteiger charge is -2.22. The Balaban J connectivity index is 1.54. The molecule has 2 N–H and O–H groups in total. The quantitative estimate of drug-likeness (QED) is 0.253. The van der Waals surface area contributed by atoms with Crippen molar-refractivity contribution >= 4 is 28.3 Å². The molecule has 1 amide bonds. The zero-order valence-electron chi connectivity index (χ0n) is 21.6. The van der Waals surface area contributed by atoms with E-state index >= 15 is 0 Å². The van der Waals surface area contributed by atoms with Crippen molar-refractivity contribution in [1.82, 2.24) is 10.3 Å². The van der Waals surface area contributed by atoms with Gasteiger partial charge in [-0.3, -0.25) is 4.79 Å². The van der Waals surface area contributed by atoms with Gasteiger partial charge in [-0.05, 0) is 41.3 Å². The van der Waals surface area contributed by atoms with E-state index in [2.05, 4.69) is 22.3 Å². The molecule has 0 bridgehead atoms. The molecule has 1 heterocycles. The van der Waals surface area contributed by atoms with Crippen molar-refractivity contribution < 1.29 is 19.4 Å². The number of nitrogens with zero attached hydrogens (tertiary/aromatic N) is 2. The van der Waals surface area contributed by atoms with Gasteiger partial charge >= 0.3 is 5.97 Å². The van der Waals surface area contributed by atoms with Gasteiger partial charge in [0.25, 0.3) is 5.91 Å². The van der Waals surface area contributed by atoms with Crippen molar-refractivity contribution in [3.05, 3.63) is 101 Å². The number of hydrogen-bond acceptors (Lipinski definition) is 6. The normalized spacial score (nSPS) is 11.7. The highest BCUT2D eigenvalue weighted by atomic mass is 32.1. The van der Waals surface area contributed by atoms with E-state index < -0.39 is 17.9 Å². The predicted molar refractivity (Wildman–Crippen MR) is 151 cm³/mol. The highest BCUT2D eigenvalue weighted by molar-refractivity contribution is 7.14. The Hall–Kier alpha value is -4.17. The number of ether oxygens (including phenoxy) is 1. The van der Waals surface area contributed by atoms with Gasteiger partial charge in [0.1, 0.15) is 11.8 Å². The molecule has 1 atom stereocenters. The van der Waals surface area contributed by atoms with Crippen LogP contribution in [0.4, 0.5) is 5.13 Å². The summed E-state index contributed by atoms with van der Waals surface area (Å²) in [5.74, 6) is -0.882. The molecule has 0 aliphatic carbocycles. The molecular weight excluding hydrogens is 498 g/mol. The molecule has 0 radical (unpaired) electrons. The van der Waals surface area contributed by atoms with Crippen LogP contribution in [0, 0.1) is 5.92 Å². The number of thiazole rings is 1. The first-order valence-electron chi connectivity index (χ1n) is 12.4. The molecular formula is C30H31N3O4S. The Labute approximate surface area is 226 Å². The third-order valence-electron chi connectivity index (χ3n) is 6.15. The Morgan fingerprint density at radius 2 is 1.66 bits per heavy atom. The number of methoxy groups -OCH3 is 1. The van der Waals surface area contributed by atoms with Crippen molar-refractivity contribution in [2.45, 2.75) is 33.0 Å². The number of carbonyl (C=O) groups is 2. The number of rotatable bonds is 11. The SMILES string of the molecule is COc1cccc(-c2csc(N(Cc3ccccc3)Cc3ccc(C(=O)NC(C(=O)O)C(C)C)cc3)n2)c1. The third kappa shape index (κ3) is 6.77. The summed E-state index contributed by atoms with van der Waals surface area (Å²) < 4.78 is 5.37. The first-order chi connectivity index (χ1) is 18.3. The molecule has 0 saturated carbocycles. The third-order valence-corrected chi connectivity index (χ3v) is 7.05. The zero-order valence-corrected chi connectivity index (χ0v) is 22.4. The van der Waals surface area contributed by atoms with Crippen LogP contribution in [0.25, 0.3) is 11.3 Å². The number of amides is 1. The van der Waals surface area contributed by atoms with Gasteiger partial charge in [-0.15, -0.1) is 11.3 Å². The van der Waals surface area contributed by atoms with Crippen LogP contribution in [0.15, 0.2) is 84.2 Å². The van der Waals surface area contributed by atoms with Crippen molar-refractivity contribution in [1.29, 1.82) is 0 Å². The van der Waals surface area contributed by atoms with E-state index in [9.17, 15) is 14.7 Å². The number of hydrogen-bond donors (Lipinski definition) is 2. The van der Waals surface area contributed by atoms with Crippen LogP contribution in [0.2, 0.25) is 0 Å². The minimum Gasteiger partial charge on any atom is -0.497 e. The topological polar surface area (TPSA) is 91.8 Å². The Morgan fingerprint density at radius 1 is 0.974 bits per heavy atom. The largest absolute Gasteiger partial charge is 0.497 e. The number of carboxylic acids is 1. The molecule has 0 spiro atoms. The maximum Gasteiger partial charge on any atom is 0.326 e. The van der Waals surface area contributed by atoms with E-state index in [0.717, 1.165) is 33.3 Å².